The molecule has 5 heteroatoms. The highest BCUT2D eigenvalue weighted by Crippen LogP contribution is 2.22. The second-order valence-electron chi connectivity index (χ2n) is 5.38. The summed E-state index contributed by atoms with van der Waals surface area (Å²) in [5, 5.41) is 7.37. The van der Waals surface area contributed by atoms with E-state index in [0.29, 0.717) is 17.0 Å². The number of hydrogen-bond acceptors (Lipinski definition) is 4. The highest BCUT2D eigenvalue weighted by atomic mass is 35.5. The van der Waals surface area contributed by atoms with Crippen LogP contribution in [0, 0.1) is 0 Å². The van der Waals surface area contributed by atoms with Crippen LogP contribution in [-0.2, 0) is 0 Å². The van der Waals surface area contributed by atoms with Crippen LogP contribution in [0.25, 0.3) is 0 Å². The van der Waals surface area contributed by atoms with E-state index < -0.39 is 0 Å². The third-order valence-corrected chi connectivity index (χ3v) is 3.93. The Morgan fingerprint density at radius 3 is 2.76 bits per heavy atom. The monoisotopic (exact) mass is 302 g/mol. The van der Waals surface area contributed by atoms with Crippen molar-refractivity contribution in [2.24, 2.45) is 0 Å². The number of benzene rings is 1. The van der Waals surface area contributed by atoms with E-state index in [1.165, 1.54) is 32.1 Å². The Balaban J connectivity index is 1.67. The second kappa shape index (κ2) is 6.76. The maximum absolute atomic E-state index is 5.98. The fourth-order valence-electron chi connectivity index (χ4n) is 2.65. The lowest BCUT2D eigenvalue weighted by atomic mass is 9.95. The van der Waals surface area contributed by atoms with Crippen LogP contribution in [0.15, 0.2) is 36.5 Å². The fourth-order valence-corrected chi connectivity index (χ4v) is 2.84. The van der Waals surface area contributed by atoms with Crippen LogP contribution in [0.3, 0.4) is 0 Å². The first kappa shape index (κ1) is 14.1. The van der Waals surface area contributed by atoms with E-state index in [2.05, 4.69) is 20.6 Å². The average Bonchev–Trinajstić information content (AvgIpc) is 2.49. The van der Waals surface area contributed by atoms with Gasteiger partial charge in [0, 0.05) is 22.9 Å². The lowest BCUT2D eigenvalue weighted by Gasteiger charge is -2.23. The quantitative estimate of drug-likeness (QED) is 0.865. The van der Waals surface area contributed by atoms with Gasteiger partial charge in [-0.25, -0.2) is 4.98 Å². The van der Waals surface area contributed by atoms with Gasteiger partial charge >= 0.3 is 0 Å². The molecule has 1 saturated carbocycles. The Morgan fingerprint density at radius 1 is 1.10 bits per heavy atom. The summed E-state index contributed by atoms with van der Waals surface area (Å²) in [6.07, 6.45) is 8.17. The minimum atomic E-state index is 0.535. The van der Waals surface area contributed by atoms with Gasteiger partial charge in [0.15, 0.2) is 0 Å². The van der Waals surface area contributed by atoms with Crippen molar-refractivity contribution < 1.29 is 0 Å². The lowest BCUT2D eigenvalue weighted by molar-refractivity contribution is 0.462. The number of rotatable bonds is 4. The predicted molar refractivity (Wildman–Crippen MR) is 87.3 cm³/mol. The highest BCUT2D eigenvalue weighted by molar-refractivity contribution is 6.30. The summed E-state index contributed by atoms with van der Waals surface area (Å²) in [6, 6.07) is 9.98. The van der Waals surface area contributed by atoms with Crippen molar-refractivity contribution in [3.05, 3.63) is 41.6 Å². The van der Waals surface area contributed by atoms with E-state index in [1.807, 2.05) is 30.3 Å². The number of anilines is 3. The standard InChI is InChI=1S/C16H19ClN4/c17-12-5-4-8-14(11-12)20-16-18-10-9-15(21-16)19-13-6-2-1-3-7-13/h4-5,8-11,13H,1-3,6-7H2,(H2,18,19,20,21). The molecule has 1 aromatic heterocycles. The van der Waals surface area contributed by atoms with Gasteiger partial charge < -0.3 is 10.6 Å². The minimum absolute atomic E-state index is 0.535. The molecule has 4 nitrogen and oxygen atoms in total. The Hall–Kier alpha value is -1.81. The first-order valence-corrected chi connectivity index (χ1v) is 7.79. The molecule has 1 aliphatic carbocycles. The molecule has 1 aromatic carbocycles. The van der Waals surface area contributed by atoms with E-state index in [0.717, 1.165) is 11.5 Å². The lowest BCUT2D eigenvalue weighted by Crippen LogP contribution is -2.22. The van der Waals surface area contributed by atoms with Gasteiger partial charge in [-0.1, -0.05) is 36.9 Å². The predicted octanol–water partition coefficient (Wildman–Crippen LogP) is 4.62. The van der Waals surface area contributed by atoms with Gasteiger partial charge in [-0.2, -0.15) is 4.98 Å². The summed E-state index contributed by atoms with van der Waals surface area (Å²) in [5.41, 5.74) is 0.886. The van der Waals surface area contributed by atoms with Crippen molar-refractivity contribution in [2.75, 3.05) is 10.6 Å². The third kappa shape index (κ3) is 4.08. The molecule has 2 aromatic rings. The first-order valence-electron chi connectivity index (χ1n) is 7.42. The van der Waals surface area contributed by atoms with Gasteiger partial charge in [0.1, 0.15) is 5.82 Å². The van der Waals surface area contributed by atoms with Crippen molar-refractivity contribution in [3.63, 3.8) is 0 Å². The molecular weight excluding hydrogens is 284 g/mol. The number of hydrogen-bond donors (Lipinski definition) is 2. The van der Waals surface area contributed by atoms with E-state index in [-0.39, 0.29) is 0 Å². The molecule has 1 fully saturated rings. The summed E-state index contributed by atoms with van der Waals surface area (Å²) in [4.78, 5) is 8.77. The summed E-state index contributed by atoms with van der Waals surface area (Å²) >= 11 is 5.98. The maximum atomic E-state index is 5.98. The Kier molecular flexibility index (Phi) is 4.55. The molecule has 0 bridgehead atoms. The molecule has 0 aliphatic heterocycles. The van der Waals surface area contributed by atoms with Crippen LogP contribution in [0.1, 0.15) is 32.1 Å². The van der Waals surface area contributed by atoms with Crippen molar-refractivity contribution in [2.45, 2.75) is 38.1 Å². The van der Waals surface area contributed by atoms with Crippen molar-refractivity contribution in [3.8, 4) is 0 Å². The van der Waals surface area contributed by atoms with E-state index in [4.69, 9.17) is 11.6 Å². The molecule has 0 saturated heterocycles. The smallest absolute Gasteiger partial charge is 0.229 e. The van der Waals surface area contributed by atoms with Crippen LogP contribution in [0.2, 0.25) is 5.02 Å². The molecule has 0 spiro atoms. The number of nitrogens with zero attached hydrogens (tertiary/aromatic N) is 2. The van der Waals surface area contributed by atoms with Crippen molar-refractivity contribution in [1.29, 1.82) is 0 Å². The van der Waals surface area contributed by atoms with Crippen LogP contribution < -0.4 is 10.6 Å². The third-order valence-electron chi connectivity index (χ3n) is 3.69. The number of nitrogens with one attached hydrogen (secondary N) is 2. The Bertz CT molecular complexity index is 596. The topological polar surface area (TPSA) is 49.8 Å². The van der Waals surface area contributed by atoms with Crippen LogP contribution in [-0.4, -0.2) is 16.0 Å². The molecule has 0 radical (unpaired) electrons. The maximum Gasteiger partial charge on any atom is 0.229 e. The fraction of sp³-hybridized carbons (Fsp3) is 0.375. The van der Waals surface area contributed by atoms with Gasteiger partial charge in [-0.05, 0) is 37.1 Å². The number of aromatic nitrogens is 2. The molecule has 0 amide bonds. The molecule has 110 valence electrons. The summed E-state index contributed by atoms with van der Waals surface area (Å²) < 4.78 is 0. The normalized spacial score (nSPS) is 15.7. The Labute approximate surface area is 130 Å². The Morgan fingerprint density at radius 2 is 1.95 bits per heavy atom. The molecule has 2 N–H and O–H groups in total. The zero-order chi connectivity index (χ0) is 14.5. The van der Waals surface area contributed by atoms with E-state index in [1.54, 1.807) is 6.20 Å². The molecule has 1 aliphatic rings. The van der Waals surface area contributed by atoms with Crippen LogP contribution >= 0.6 is 11.6 Å². The van der Waals surface area contributed by atoms with E-state index in [9.17, 15) is 0 Å². The average molecular weight is 303 g/mol. The zero-order valence-corrected chi connectivity index (χ0v) is 12.6. The van der Waals surface area contributed by atoms with Gasteiger partial charge in [0.05, 0.1) is 0 Å². The van der Waals surface area contributed by atoms with Crippen LogP contribution in [0.5, 0.6) is 0 Å². The minimum Gasteiger partial charge on any atom is -0.367 e. The van der Waals surface area contributed by atoms with E-state index >= 15 is 0 Å². The highest BCUT2D eigenvalue weighted by Gasteiger charge is 2.13. The summed E-state index contributed by atoms with van der Waals surface area (Å²) in [6.45, 7) is 0. The van der Waals surface area contributed by atoms with Crippen molar-refractivity contribution >= 4 is 29.1 Å². The molecule has 3 rings (SSSR count). The van der Waals surface area contributed by atoms with Gasteiger partial charge in [-0.15, -0.1) is 0 Å². The summed E-state index contributed by atoms with van der Waals surface area (Å²) in [7, 11) is 0. The first-order chi connectivity index (χ1) is 10.3. The van der Waals surface area contributed by atoms with Gasteiger partial charge in [-0.3, -0.25) is 0 Å². The van der Waals surface area contributed by atoms with Gasteiger partial charge in [0.2, 0.25) is 5.95 Å². The molecule has 0 unspecified atom stereocenters. The van der Waals surface area contributed by atoms with Crippen LogP contribution in [0.4, 0.5) is 17.5 Å². The summed E-state index contributed by atoms with van der Waals surface area (Å²) in [5.74, 6) is 1.46. The van der Waals surface area contributed by atoms with Gasteiger partial charge in [0.25, 0.3) is 0 Å². The number of halogens is 1. The zero-order valence-electron chi connectivity index (χ0n) is 11.8. The molecule has 0 atom stereocenters. The SMILES string of the molecule is Clc1cccc(Nc2nccc(NC3CCCCC3)n2)c1. The second-order valence-corrected chi connectivity index (χ2v) is 5.82. The molecular formula is C16H19ClN4. The largest absolute Gasteiger partial charge is 0.367 e. The molecule has 1 heterocycles. The van der Waals surface area contributed by atoms with Crippen molar-refractivity contribution in [1.82, 2.24) is 9.97 Å². The molecule has 21 heavy (non-hydrogen) atoms.